The third-order valence-corrected chi connectivity index (χ3v) is 3.77. The summed E-state index contributed by atoms with van der Waals surface area (Å²) >= 11 is 0. The lowest BCUT2D eigenvalue weighted by Crippen LogP contribution is -2.18. The first kappa shape index (κ1) is 16.1. The Kier molecular flexibility index (Phi) is 4.79. The number of aryl methyl sites for hydroxylation is 1. The molecule has 1 aliphatic rings. The fourth-order valence-electron chi connectivity index (χ4n) is 2.57. The van der Waals surface area contributed by atoms with Gasteiger partial charge in [0, 0.05) is 11.8 Å². The number of hydrazone groups is 1. The third-order valence-electron chi connectivity index (χ3n) is 3.77. The quantitative estimate of drug-likeness (QED) is 0.678. The molecule has 0 saturated heterocycles. The standard InChI is InChI=1S/C19H20N2O3/c1-13-4-3-5-16(9-13)19(22)21-20-11-14(2)8-15-6-7-17-18(10-15)24-12-23-17/h3-7,9-11,14H,8,12H2,1-2H3,(H,21,22)/b20-11-/t14-/m0/s1. The van der Waals surface area contributed by atoms with Gasteiger partial charge in [-0.15, -0.1) is 0 Å². The maximum absolute atomic E-state index is 12.0. The minimum atomic E-state index is -0.203. The Bertz CT molecular complexity index is 771. The number of rotatable bonds is 5. The first-order valence-corrected chi connectivity index (χ1v) is 7.90. The van der Waals surface area contributed by atoms with Crippen LogP contribution in [-0.2, 0) is 6.42 Å². The second-order valence-electron chi connectivity index (χ2n) is 5.96. The Morgan fingerprint density at radius 2 is 2.08 bits per heavy atom. The van der Waals surface area contributed by atoms with Gasteiger partial charge in [-0.3, -0.25) is 4.79 Å². The molecule has 0 unspecified atom stereocenters. The van der Waals surface area contributed by atoms with E-state index >= 15 is 0 Å². The first-order chi connectivity index (χ1) is 11.6. The van der Waals surface area contributed by atoms with Gasteiger partial charge in [0.1, 0.15) is 0 Å². The first-order valence-electron chi connectivity index (χ1n) is 7.90. The summed E-state index contributed by atoms with van der Waals surface area (Å²) in [5.41, 5.74) is 5.36. The summed E-state index contributed by atoms with van der Waals surface area (Å²) < 4.78 is 10.7. The van der Waals surface area contributed by atoms with Crippen molar-refractivity contribution in [3.8, 4) is 11.5 Å². The van der Waals surface area contributed by atoms with Crippen molar-refractivity contribution in [3.05, 3.63) is 59.2 Å². The van der Waals surface area contributed by atoms with Crippen molar-refractivity contribution in [1.82, 2.24) is 5.43 Å². The van der Waals surface area contributed by atoms with Crippen LogP contribution in [0.3, 0.4) is 0 Å². The van der Waals surface area contributed by atoms with E-state index in [1.165, 1.54) is 0 Å². The molecule has 1 amide bonds. The van der Waals surface area contributed by atoms with Crippen LogP contribution in [-0.4, -0.2) is 18.9 Å². The van der Waals surface area contributed by atoms with Gasteiger partial charge in [-0.25, -0.2) is 5.43 Å². The van der Waals surface area contributed by atoms with Gasteiger partial charge < -0.3 is 9.47 Å². The van der Waals surface area contributed by atoms with Crippen LogP contribution in [0.25, 0.3) is 0 Å². The lowest BCUT2D eigenvalue weighted by atomic mass is 10.0. The van der Waals surface area contributed by atoms with Gasteiger partial charge in [-0.2, -0.15) is 5.10 Å². The molecule has 0 aliphatic carbocycles. The number of carbonyl (C=O) groups is 1. The average molecular weight is 324 g/mol. The summed E-state index contributed by atoms with van der Waals surface area (Å²) in [6.45, 7) is 4.28. The largest absolute Gasteiger partial charge is 0.454 e. The molecule has 3 rings (SSSR count). The normalized spacial score (nSPS) is 13.9. The summed E-state index contributed by atoms with van der Waals surface area (Å²) in [4.78, 5) is 12.0. The van der Waals surface area contributed by atoms with Gasteiger partial charge in [0.15, 0.2) is 11.5 Å². The summed E-state index contributed by atoms with van der Waals surface area (Å²) in [5, 5.41) is 4.07. The highest BCUT2D eigenvalue weighted by Crippen LogP contribution is 2.32. The molecule has 1 atom stereocenters. The van der Waals surface area contributed by atoms with Crippen molar-refractivity contribution in [1.29, 1.82) is 0 Å². The van der Waals surface area contributed by atoms with Gasteiger partial charge in [0.2, 0.25) is 6.79 Å². The number of carbonyl (C=O) groups excluding carboxylic acids is 1. The lowest BCUT2D eigenvalue weighted by Gasteiger charge is -2.07. The van der Waals surface area contributed by atoms with E-state index in [2.05, 4.69) is 10.5 Å². The summed E-state index contributed by atoms with van der Waals surface area (Å²) in [6, 6.07) is 13.3. The molecule has 0 saturated carbocycles. The van der Waals surface area contributed by atoms with Crippen molar-refractivity contribution in [2.24, 2.45) is 11.0 Å². The van der Waals surface area contributed by atoms with Gasteiger partial charge in [-0.1, -0.05) is 30.7 Å². The average Bonchev–Trinajstić information content (AvgIpc) is 3.02. The molecule has 5 nitrogen and oxygen atoms in total. The van der Waals surface area contributed by atoms with Crippen LogP contribution in [0.2, 0.25) is 0 Å². The number of nitrogens with zero attached hydrogens (tertiary/aromatic N) is 1. The molecule has 0 bridgehead atoms. The zero-order valence-corrected chi connectivity index (χ0v) is 13.8. The number of nitrogens with one attached hydrogen (secondary N) is 1. The SMILES string of the molecule is Cc1cccc(C(=O)N/N=C\[C@@H](C)Cc2ccc3c(c2)OCO3)c1. The topological polar surface area (TPSA) is 59.9 Å². The molecule has 1 N–H and O–H groups in total. The zero-order valence-electron chi connectivity index (χ0n) is 13.8. The molecule has 1 aliphatic heterocycles. The number of benzene rings is 2. The van der Waals surface area contributed by atoms with Gasteiger partial charge >= 0.3 is 0 Å². The van der Waals surface area contributed by atoms with Crippen molar-refractivity contribution in [3.63, 3.8) is 0 Å². The van der Waals surface area contributed by atoms with E-state index in [9.17, 15) is 4.79 Å². The monoisotopic (exact) mass is 324 g/mol. The molecule has 124 valence electrons. The highest BCUT2D eigenvalue weighted by atomic mass is 16.7. The van der Waals surface area contributed by atoms with E-state index in [4.69, 9.17) is 9.47 Å². The van der Waals surface area contributed by atoms with Crippen LogP contribution in [0.1, 0.15) is 28.4 Å². The van der Waals surface area contributed by atoms with Crippen molar-refractivity contribution < 1.29 is 14.3 Å². The smallest absolute Gasteiger partial charge is 0.271 e. The molecule has 0 spiro atoms. The fraction of sp³-hybridized carbons (Fsp3) is 0.263. The number of ether oxygens (including phenoxy) is 2. The maximum Gasteiger partial charge on any atom is 0.271 e. The van der Waals surface area contributed by atoms with E-state index in [0.29, 0.717) is 5.56 Å². The Balaban J connectivity index is 1.54. The van der Waals surface area contributed by atoms with E-state index in [1.54, 1.807) is 12.3 Å². The molecule has 24 heavy (non-hydrogen) atoms. The molecule has 0 fully saturated rings. The molecule has 2 aromatic carbocycles. The van der Waals surface area contributed by atoms with Crippen LogP contribution in [0.15, 0.2) is 47.6 Å². The zero-order chi connectivity index (χ0) is 16.9. The molecular formula is C19H20N2O3. The second kappa shape index (κ2) is 7.17. The van der Waals surface area contributed by atoms with Crippen molar-refractivity contribution in [2.45, 2.75) is 20.3 Å². The third kappa shape index (κ3) is 3.93. The second-order valence-corrected chi connectivity index (χ2v) is 5.96. The lowest BCUT2D eigenvalue weighted by molar-refractivity contribution is 0.0955. The van der Waals surface area contributed by atoms with Gasteiger partial charge in [-0.05, 0) is 49.1 Å². The van der Waals surface area contributed by atoms with Crippen LogP contribution in [0.5, 0.6) is 11.5 Å². The molecule has 0 radical (unpaired) electrons. The fourth-order valence-corrected chi connectivity index (χ4v) is 2.57. The number of fused-ring (bicyclic) bond motifs is 1. The minimum absolute atomic E-state index is 0.184. The number of hydrogen-bond donors (Lipinski definition) is 1. The summed E-state index contributed by atoms with van der Waals surface area (Å²) in [6.07, 6.45) is 2.55. The summed E-state index contributed by atoms with van der Waals surface area (Å²) in [5.74, 6) is 1.54. The van der Waals surface area contributed by atoms with E-state index in [-0.39, 0.29) is 18.6 Å². The predicted molar refractivity (Wildman–Crippen MR) is 92.6 cm³/mol. The Labute approximate surface area is 141 Å². The van der Waals surface area contributed by atoms with Crippen molar-refractivity contribution >= 4 is 12.1 Å². The van der Waals surface area contributed by atoms with E-state index in [0.717, 1.165) is 29.0 Å². The Morgan fingerprint density at radius 3 is 2.92 bits per heavy atom. The maximum atomic E-state index is 12.0. The molecular weight excluding hydrogens is 304 g/mol. The Hall–Kier alpha value is -2.82. The predicted octanol–water partition coefficient (Wildman–Crippen LogP) is 3.32. The highest BCUT2D eigenvalue weighted by molar-refractivity contribution is 5.94. The number of amides is 1. The van der Waals surface area contributed by atoms with Crippen LogP contribution in [0.4, 0.5) is 0 Å². The minimum Gasteiger partial charge on any atom is -0.454 e. The van der Waals surface area contributed by atoms with Crippen molar-refractivity contribution in [2.75, 3.05) is 6.79 Å². The van der Waals surface area contributed by atoms with Crippen LogP contribution in [0, 0.1) is 12.8 Å². The highest BCUT2D eigenvalue weighted by Gasteiger charge is 2.13. The van der Waals surface area contributed by atoms with E-state index < -0.39 is 0 Å². The Morgan fingerprint density at radius 1 is 1.25 bits per heavy atom. The summed E-state index contributed by atoms with van der Waals surface area (Å²) in [7, 11) is 0. The molecule has 5 heteroatoms. The van der Waals surface area contributed by atoms with Crippen LogP contribution < -0.4 is 14.9 Å². The van der Waals surface area contributed by atoms with E-state index in [1.807, 2.05) is 50.2 Å². The van der Waals surface area contributed by atoms with Gasteiger partial charge in [0.05, 0.1) is 0 Å². The van der Waals surface area contributed by atoms with Crippen LogP contribution >= 0.6 is 0 Å². The molecule has 1 heterocycles. The molecule has 2 aromatic rings. The number of hydrogen-bond acceptors (Lipinski definition) is 4. The van der Waals surface area contributed by atoms with Gasteiger partial charge in [0.25, 0.3) is 5.91 Å². The molecule has 0 aromatic heterocycles.